The van der Waals surface area contributed by atoms with Gasteiger partial charge < -0.3 is 5.32 Å². The molecule has 0 saturated heterocycles. The molecule has 7 heteroatoms. The van der Waals surface area contributed by atoms with Crippen molar-refractivity contribution in [1.29, 1.82) is 0 Å². The van der Waals surface area contributed by atoms with E-state index in [2.05, 4.69) is 5.32 Å². The van der Waals surface area contributed by atoms with E-state index in [0.29, 0.717) is 29.2 Å². The number of hydrogen-bond acceptors (Lipinski definition) is 3. The monoisotopic (exact) mass is 440 g/mol. The molecular weight excluding hydrogens is 420 g/mol. The molecule has 1 N–H and O–H groups in total. The molecule has 5 nitrogen and oxygen atoms in total. The van der Waals surface area contributed by atoms with E-state index in [-0.39, 0.29) is 10.8 Å². The summed E-state index contributed by atoms with van der Waals surface area (Å²) in [5.41, 5.74) is 4.76. The van der Waals surface area contributed by atoms with Crippen LogP contribution in [0.4, 0.5) is 11.4 Å². The Morgan fingerprint density at radius 2 is 1.73 bits per heavy atom. The fourth-order valence-corrected chi connectivity index (χ4v) is 5.19. The van der Waals surface area contributed by atoms with Crippen LogP contribution in [0.2, 0.25) is 5.02 Å². The number of carbonyl (C=O) groups is 1. The molecule has 0 unspecified atom stereocenters. The van der Waals surface area contributed by atoms with Crippen LogP contribution in [0.25, 0.3) is 0 Å². The first-order valence-corrected chi connectivity index (χ1v) is 11.4. The zero-order valence-corrected chi connectivity index (χ0v) is 18.2. The molecule has 0 bridgehead atoms. The minimum atomic E-state index is -3.69. The molecule has 1 aliphatic heterocycles. The summed E-state index contributed by atoms with van der Waals surface area (Å²) in [5.74, 6) is -0.217. The Morgan fingerprint density at radius 1 is 1.00 bits per heavy atom. The van der Waals surface area contributed by atoms with Crippen LogP contribution in [0.15, 0.2) is 65.6 Å². The highest BCUT2D eigenvalue weighted by Gasteiger charge is 2.31. The van der Waals surface area contributed by atoms with Crippen molar-refractivity contribution in [3.8, 4) is 0 Å². The molecule has 0 saturated carbocycles. The SMILES string of the molecule is Cc1ccc(C)c(NC(=O)c2ccc3c(c2)CCN3S(=O)(=O)c2ccc(Cl)cc2)c1. The lowest BCUT2D eigenvalue weighted by atomic mass is 10.1. The molecule has 1 amide bonds. The third-order valence-corrected chi connectivity index (χ3v) is 7.32. The summed E-state index contributed by atoms with van der Waals surface area (Å²) in [6.07, 6.45) is 0.548. The number of nitrogens with zero attached hydrogens (tertiary/aromatic N) is 1. The Bertz CT molecular complexity index is 1240. The highest BCUT2D eigenvalue weighted by Crippen LogP contribution is 2.34. The maximum absolute atomic E-state index is 13.0. The van der Waals surface area contributed by atoms with Crippen molar-refractivity contribution in [2.75, 3.05) is 16.2 Å². The number of benzene rings is 3. The summed E-state index contributed by atoms with van der Waals surface area (Å²) in [5, 5.41) is 3.43. The summed E-state index contributed by atoms with van der Waals surface area (Å²) in [6.45, 7) is 4.25. The number of rotatable bonds is 4. The molecule has 0 atom stereocenters. The van der Waals surface area contributed by atoms with Gasteiger partial charge in [0.25, 0.3) is 15.9 Å². The van der Waals surface area contributed by atoms with Crippen LogP contribution in [-0.4, -0.2) is 20.9 Å². The smallest absolute Gasteiger partial charge is 0.264 e. The lowest BCUT2D eigenvalue weighted by Crippen LogP contribution is -2.29. The lowest BCUT2D eigenvalue weighted by Gasteiger charge is -2.20. The first-order chi connectivity index (χ1) is 14.3. The van der Waals surface area contributed by atoms with E-state index in [0.717, 1.165) is 22.4 Å². The van der Waals surface area contributed by atoms with Gasteiger partial charge in [0.1, 0.15) is 0 Å². The van der Waals surface area contributed by atoms with Crippen LogP contribution in [-0.2, 0) is 16.4 Å². The van der Waals surface area contributed by atoms with Crippen molar-refractivity contribution in [2.24, 2.45) is 0 Å². The Kier molecular flexibility index (Phi) is 5.30. The second kappa shape index (κ2) is 7.78. The summed E-state index contributed by atoms with van der Waals surface area (Å²) < 4.78 is 27.5. The summed E-state index contributed by atoms with van der Waals surface area (Å²) in [7, 11) is -3.69. The van der Waals surface area contributed by atoms with E-state index < -0.39 is 10.0 Å². The van der Waals surface area contributed by atoms with Gasteiger partial charge in [-0.1, -0.05) is 23.7 Å². The maximum Gasteiger partial charge on any atom is 0.264 e. The summed E-state index contributed by atoms with van der Waals surface area (Å²) >= 11 is 5.88. The van der Waals surface area contributed by atoms with Gasteiger partial charge in [-0.25, -0.2) is 8.42 Å². The first-order valence-electron chi connectivity index (χ1n) is 9.55. The highest BCUT2D eigenvalue weighted by atomic mass is 35.5. The first kappa shape index (κ1) is 20.4. The third-order valence-electron chi connectivity index (χ3n) is 5.24. The molecule has 3 aromatic carbocycles. The molecule has 30 heavy (non-hydrogen) atoms. The number of sulfonamides is 1. The van der Waals surface area contributed by atoms with E-state index in [1.807, 2.05) is 32.0 Å². The van der Waals surface area contributed by atoms with Gasteiger partial charge in [-0.2, -0.15) is 0 Å². The summed E-state index contributed by atoms with van der Waals surface area (Å²) in [4.78, 5) is 12.9. The average Bonchev–Trinajstić information content (AvgIpc) is 3.15. The van der Waals surface area contributed by atoms with E-state index in [1.54, 1.807) is 30.3 Å². The standard InChI is InChI=1S/C23H21ClN2O3S/c1-15-3-4-16(2)21(13-15)25-23(27)18-5-10-22-17(14-18)11-12-26(22)30(28,29)20-8-6-19(24)7-9-20/h3-10,13-14H,11-12H2,1-2H3,(H,25,27). The molecule has 0 aliphatic carbocycles. The molecule has 154 valence electrons. The maximum atomic E-state index is 13.0. The molecule has 4 rings (SSSR count). The summed E-state index contributed by atoms with van der Waals surface area (Å²) in [6, 6.07) is 17.2. The lowest BCUT2D eigenvalue weighted by molar-refractivity contribution is 0.102. The normalized spacial score (nSPS) is 13.2. The van der Waals surface area contributed by atoms with Crippen molar-refractivity contribution >= 4 is 38.9 Å². The van der Waals surface area contributed by atoms with Gasteiger partial charge in [0.2, 0.25) is 0 Å². The zero-order valence-electron chi connectivity index (χ0n) is 16.6. The van der Waals surface area contributed by atoms with Gasteiger partial charge >= 0.3 is 0 Å². The van der Waals surface area contributed by atoms with Crippen molar-refractivity contribution in [3.05, 3.63) is 87.9 Å². The second-order valence-electron chi connectivity index (χ2n) is 7.40. The van der Waals surface area contributed by atoms with Crippen molar-refractivity contribution in [1.82, 2.24) is 0 Å². The molecule has 0 aromatic heterocycles. The van der Waals surface area contributed by atoms with Gasteiger partial charge in [-0.05, 0) is 85.5 Å². The Balaban J connectivity index is 1.60. The minimum absolute atomic E-state index is 0.191. The molecule has 1 heterocycles. The molecule has 0 spiro atoms. The number of fused-ring (bicyclic) bond motifs is 1. The number of amides is 1. The van der Waals surface area contributed by atoms with Crippen LogP contribution in [0, 0.1) is 13.8 Å². The van der Waals surface area contributed by atoms with Gasteiger partial charge in [0.15, 0.2) is 0 Å². The Hall–Kier alpha value is -2.83. The van der Waals surface area contributed by atoms with Crippen molar-refractivity contribution in [3.63, 3.8) is 0 Å². The largest absolute Gasteiger partial charge is 0.322 e. The van der Waals surface area contributed by atoms with E-state index >= 15 is 0 Å². The van der Waals surface area contributed by atoms with Crippen molar-refractivity contribution in [2.45, 2.75) is 25.2 Å². The average molecular weight is 441 g/mol. The van der Waals surface area contributed by atoms with Crippen LogP contribution in [0.1, 0.15) is 27.0 Å². The van der Waals surface area contributed by atoms with Crippen LogP contribution in [0.5, 0.6) is 0 Å². The number of hydrogen-bond donors (Lipinski definition) is 1. The van der Waals surface area contributed by atoms with Crippen LogP contribution in [0.3, 0.4) is 0 Å². The van der Waals surface area contributed by atoms with Crippen molar-refractivity contribution < 1.29 is 13.2 Å². The number of carbonyl (C=O) groups excluding carboxylic acids is 1. The van der Waals surface area contributed by atoms with Gasteiger partial charge in [0, 0.05) is 22.8 Å². The molecular formula is C23H21ClN2O3S. The molecule has 0 radical (unpaired) electrons. The number of anilines is 2. The fraction of sp³-hybridized carbons (Fsp3) is 0.174. The van der Waals surface area contributed by atoms with Crippen LogP contribution < -0.4 is 9.62 Å². The second-order valence-corrected chi connectivity index (χ2v) is 9.70. The predicted molar refractivity (Wildman–Crippen MR) is 120 cm³/mol. The van der Waals surface area contributed by atoms with Gasteiger partial charge in [-0.15, -0.1) is 0 Å². The third kappa shape index (κ3) is 3.80. The predicted octanol–water partition coefficient (Wildman–Crippen LogP) is 4.96. The van der Waals surface area contributed by atoms with E-state index in [9.17, 15) is 13.2 Å². The van der Waals surface area contributed by atoms with Gasteiger partial charge in [0.05, 0.1) is 10.6 Å². The number of nitrogens with one attached hydrogen (secondary N) is 1. The fourth-order valence-electron chi connectivity index (χ4n) is 3.56. The topological polar surface area (TPSA) is 66.5 Å². The quantitative estimate of drug-likeness (QED) is 0.623. The number of halogens is 1. The Labute approximate surface area is 181 Å². The minimum Gasteiger partial charge on any atom is -0.322 e. The zero-order chi connectivity index (χ0) is 21.5. The van der Waals surface area contributed by atoms with Crippen LogP contribution >= 0.6 is 11.6 Å². The molecule has 0 fully saturated rings. The molecule has 3 aromatic rings. The highest BCUT2D eigenvalue weighted by molar-refractivity contribution is 7.92. The van der Waals surface area contributed by atoms with E-state index in [1.165, 1.54) is 16.4 Å². The molecule has 1 aliphatic rings. The van der Waals surface area contributed by atoms with Gasteiger partial charge in [-0.3, -0.25) is 9.10 Å². The Morgan fingerprint density at radius 3 is 2.47 bits per heavy atom. The van der Waals surface area contributed by atoms with E-state index in [4.69, 9.17) is 11.6 Å². The number of aryl methyl sites for hydroxylation is 2.